The van der Waals surface area contributed by atoms with Gasteiger partial charge >= 0.3 is 6.09 Å². The Labute approximate surface area is 107 Å². The minimum absolute atomic E-state index is 0.0787. The Bertz CT molecular complexity index is 418. The number of rotatable bonds is 5. The van der Waals surface area contributed by atoms with E-state index in [0.717, 1.165) is 11.1 Å². The molecule has 0 aliphatic carbocycles. The molecule has 1 aromatic carbocycles. The van der Waals surface area contributed by atoms with Crippen molar-refractivity contribution in [3.8, 4) is 0 Å². The van der Waals surface area contributed by atoms with Crippen molar-refractivity contribution >= 4 is 12.0 Å². The summed E-state index contributed by atoms with van der Waals surface area (Å²) in [5.74, 6) is -0.244. The summed E-state index contributed by atoms with van der Waals surface area (Å²) in [5, 5.41) is 5.09. The van der Waals surface area contributed by atoms with Crippen molar-refractivity contribution in [1.29, 1.82) is 0 Å². The summed E-state index contributed by atoms with van der Waals surface area (Å²) >= 11 is 0. The molecule has 0 spiro atoms. The maximum Gasteiger partial charge on any atom is 0.407 e. The number of alkyl carbamates (subject to hydrolysis) is 1. The Balaban J connectivity index is 2.29. The molecule has 1 aromatic rings. The van der Waals surface area contributed by atoms with Crippen LogP contribution in [0.15, 0.2) is 24.3 Å². The molecule has 1 rings (SSSR count). The third-order valence-corrected chi connectivity index (χ3v) is 2.41. The van der Waals surface area contributed by atoms with E-state index in [0.29, 0.717) is 6.54 Å². The van der Waals surface area contributed by atoms with Gasteiger partial charge in [0.25, 0.3) is 0 Å². The number of hydrogen-bond donors (Lipinski definition) is 2. The van der Waals surface area contributed by atoms with Gasteiger partial charge in [0.2, 0.25) is 5.91 Å². The van der Waals surface area contributed by atoms with E-state index in [2.05, 4.69) is 15.4 Å². The van der Waals surface area contributed by atoms with Crippen molar-refractivity contribution in [3.63, 3.8) is 0 Å². The van der Waals surface area contributed by atoms with Crippen LogP contribution in [0.2, 0.25) is 0 Å². The zero-order chi connectivity index (χ0) is 13.4. The predicted molar refractivity (Wildman–Crippen MR) is 68.1 cm³/mol. The molecule has 0 atom stereocenters. The van der Waals surface area contributed by atoms with Crippen LogP contribution in [-0.4, -0.2) is 25.2 Å². The lowest BCUT2D eigenvalue weighted by molar-refractivity contribution is -0.120. The Hall–Kier alpha value is -2.04. The second kappa shape index (κ2) is 7.32. The van der Waals surface area contributed by atoms with E-state index in [4.69, 9.17) is 0 Å². The van der Waals surface area contributed by atoms with E-state index in [1.807, 2.05) is 31.2 Å². The molecule has 0 aliphatic rings. The van der Waals surface area contributed by atoms with Crippen molar-refractivity contribution in [2.45, 2.75) is 20.4 Å². The molecule has 0 fully saturated rings. The lowest BCUT2D eigenvalue weighted by atomic mass is 10.1. The summed E-state index contributed by atoms with van der Waals surface area (Å²) in [6.07, 6.45) is -0.580. The number of carbonyl (C=O) groups excluding carboxylic acids is 2. The van der Waals surface area contributed by atoms with Crippen molar-refractivity contribution < 1.29 is 14.3 Å². The highest BCUT2D eigenvalue weighted by molar-refractivity contribution is 5.82. The van der Waals surface area contributed by atoms with E-state index in [9.17, 15) is 9.59 Å². The minimum Gasteiger partial charge on any atom is -0.450 e. The van der Waals surface area contributed by atoms with Gasteiger partial charge in [0.15, 0.2) is 0 Å². The van der Waals surface area contributed by atoms with Crippen LogP contribution in [0.1, 0.15) is 18.1 Å². The molecule has 18 heavy (non-hydrogen) atoms. The number of benzene rings is 1. The first-order valence-electron chi connectivity index (χ1n) is 5.85. The summed E-state index contributed by atoms with van der Waals surface area (Å²) < 4.78 is 4.64. The van der Waals surface area contributed by atoms with Gasteiger partial charge in [0.05, 0.1) is 6.61 Å². The summed E-state index contributed by atoms with van der Waals surface area (Å²) in [5.41, 5.74) is 2.18. The lowest BCUT2D eigenvalue weighted by Gasteiger charge is -2.08. The molecular weight excluding hydrogens is 232 g/mol. The zero-order valence-electron chi connectivity index (χ0n) is 10.7. The first kappa shape index (κ1) is 14.0. The monoisotopic (exact) mass is 250 g/mol. The molecule has 0 aliphatic heterocycles. The molecule has 0 unspecified atom stereocenters. The van der Waals surface area contributed by atoms with Gasteiger partial charge < -0.3 is 15.4 Å². The van der Waals surface area contributed by atoms with Crippen LogP contribution in [0, 0.1) is 6.92 Å². The van der Waals surface area contributed by atoms with Crippen LogP contribution in [0.3, 0.4) is 0 Å². The van der Waals surface area contributed by atoms with Gasteiger partial charge in [0, 0.05) is 6.54 Å². The summed E-state index contributed by atoms with van der Waals surface area (Å²) in [4.78, 5) is 22.4. The summed E-state index contributed by atoms with van der Waals surface area (Å²) in [6.45, 7) is 4.35. The smallest absolute Gasteiger partial charge is 0.407 e. The normalized spacial score (nSPS) is 9.67. The maximum absolute atomic E-state index is 11.5. The van der Waals surface area contributed by atoms with Crippen molar-refractivity contribution in [2.24, 2.45) is 0 Å². The Morgan fingerprint density at radius 3 is 2.61 bits per heavy atom. The molecule has 98 valence electrons. The van der Waals surface area contributed by atoms with Crippen molar-refractivity contribution in [2.75, 3.05) is 13.2 Å². The number of ether oxygens (including phenoxy) is 1. The molecule has 0 radical (unpaired) electrons. The van der Waals surface area contributed by atoms with Gasteiger partial charge in [0.1, 0.15) is 6.54 Å². The van der Waals surface area contributed by atoms with Crippen molar-refractivity contribution in [3.05, 3.63) is 35.4 Å². The molecular formula is C13H18N2O3. The standard InChI is InChI=1S/C13H18N2O3/c1-3-18-13(17)15-9-12(16)14-8-11-7-5-4-6-10(11)2/h4-7H,3,8-9H2,1-2H3,(H,14,16)(H,15,17). The second-order valence-corrected chi connectivity index (χ2v) is 3.78. The van der Waals surface area contributed by atoms with Crippen LogP contribution in [0.25, 0.3) is 0 Å². The van der Waals surface area contributed by atoms with E-state index in [-0.39, 0.29) is 19.1 Å². The minimum atomic E-state index is -0.580. The molecule has 0 heterocycles. The largest absolute Gasteiger partial charge is 0.450 e. The average molecular weight is 250 g/mol. The van der Waals surface area contributed by atoms with Crippen LogP contribution < -0.4 is 10.6 Å². The van der Waals surface area contributed by atoms with E-state index in [1.54, 1.807) is 6.92 Å². The number of carbonyl (C=O) groups is 2. The van der Waals surface area contributed by atoms with Crippen LogP contribution in [0.5, 0.6) is 0 Å². The highest BCUT2D eigenvalue weighted by Crippen LogP contribution is 2.05. The first-order chi connectivity index (χ1) is 8.63. The van der Waals surface area contributed by atoms with Gasteiger partial charge in [-0.3, -0.25) is 4.79 Å². The van der Waals surface area contributed by atoms with Gasteiger partial charge in [-0.25, -0.2) is 4.79 Å². The molecule has 5 nitrogen and oxygen atoms in total. The molecule has 5 heteroatoms. The quantitative estimate of drug-likeness (QED) is 0.829. The Kier molecular flexibility index (Phi) is 5.70. The molecule has 0 bridgehead atoms. The highest BCUT2D eigenvalue weighted by atomic mass is 16.5. The van der Waals surface area contributed by atoms with Gasteiger partial charge in [-0.15, -0.1) is 0 Å². The Morgan fingerprint density at radius 2 is 1.94 bits per heavy atom. The number of amides is 2. The number of nitrogens with one attached hydrogen (secondary N) is 2. The highest BCUT2D eigenvalue weighted by Gasteiger charge is 2.05. The summed E-state index contributed by atoms with van der Waals surface area (Å²) in [7, 11) is 0. The molecule has 0 aromatic heterocycles. The number of hydrogen-bond acceptors (Lipinski definition) is 3. The third kappa shape index (κ3) is 4.86. The van der Waals surface area contributed by atoms with E-state index in [1.165, 1.54) is 0 Å². The second-order valence-electron chi connectivity index (χ2n) is 3.78. The fourth-order valence-corrected chi connectivity index (χ4v) is 1.40. The van der Waals surface area contributed by atoms with Crippen LogP contribution in [-0.2, 0) is 16.1 Å². The lowest BCUT2D eigenvalue weighted by Crippen LogP contribution is -2.36. The maximum atomic E-state index is 11.5. The van der Waals surface area contributed by atoms with E-state index < -0.39 is 6.09 Å². The van der Waals surface area contributed by atoms with E-state index >= 15 is 0 Å². The SMILES string of the molecule is CCOC(=O)NCC(=O)NCc1ccccc1C. The predicted octanol–water partition coefficient (Wildman–Crippen LogP) is 1.36. The van der Waals surface area contributed by atoms with Gasteiger partial charge in [-0.1, -0.05) is 24.3 Å². The molecule has 2 amide bonds. The van der Waals surface area contributed by atoms with Crippen LogP contribution >= 0.6 is 0 Å². The van der Waals surface area contributed by atoms with Gasteiger partial charge in [-0.05, 0) is 25.0 Å². The zero-order valence-corrected chi connectivity index (χ0v) is 10.7. The van der Waals surface area contributed by atoms with Crippen molar-refractivity contribution in [1.82, 2.24) is 10.6 Å². The van der Waals surface area contributed by atoms with Crippen LogP contribution in [0.4, 0.5) is 4.79 Å². The molecule has 0 saturated heterocycles. The molecule has 2 N–H and O–H groups in total. The number of aryl methyl sites for hydroxylation is 1. The Morgan fingerprint density at radius 1 is 1.22 bits per heavy atom. The fourth-order valence-electron chi connectivity index (χ4n) is 1.40. The topological polar surface area (TPSA) is 67.4 Å². The van der Waals surface area contributed by atoms with Gasteiger partial charge in [-0.2, -0.15) is 0 Å². The summed E-state index contributed by atoms with van der Waals surface area (Å²) in [6, 6.07) is 7.81. The fraction of sp³-hybridized carbons (Fsp3) is 0.385. The first-order valence-corrected chi connectivity index (χ1v) is 5.85. The third-order valence-electron chi connectivity index (χ3n) is 2.41. The molecule has 0 saturated carbocycles. The average Bonchev–Trinajstić information content (AvgIpc) is 2.36.